The Morgan fingerprint density at radius 1 is 0.957 bits per heavy atom. The topological polar surface area (TPSA) is 51.0 Å². The van der Waals surface area contributed by atoms with E-state index in [0.29, 0.717) is 10.6 Å². The van der Waals surface area contributed by atoms with Crippen LogP contribution in [-0.2, 0) is 6.54 Å². The molecule has 0 amide bonds. The van der Waals surface area contributed by atoms with Crippen molar-refractivity contribution in [1.82, 2.24) is 10.2 Å². The molecule has 8 heteroatoms. The molecule has 3 rings (SSSR count). The standard InChI is InChI=1S/C15H9ClF3N3O/c16-9-3-1-8(2-4-9)15-22-21-12(23-15)7-20-11-6-5-10(17)13(18)14(11)19/h1-6,20H,7H2. The van der Waals surface area contributed by atoms with Crippen molar-refractivity contribution in [1.29, 1.82) is 0 Å². The van der Waals surface area contributed by atoms with Gasteiger partial charge in [0.05, 0.1) is 12.2 Å². The maximum atomic E-state index is 13.5. The van der Waals surface area contributed by atoms with E-state index in [9.17, 15) is 13.2 Å². The lowest BCUT2D eigenvalue weighted by atomic mass is 10.2. The Morgan fingerprint density at radius 2 is 1.70 bits per heavy atom. The van der Waals surface area contributed by atoms with E-state index >= 15 is 0 Å². The molecule has 0 unspecified atom stereocenters. The lowest BCUT2D eigenvalue weighted by molar-refractivity contribution is 0.448. The van der Waals surface area contributed by atoms with Crippen LogP contribution in [0.25, 0.3) is 11.5 Å². The molecule has 0 saturated heterocycles. The Hall–Kier alpha value is -2.54. The Bertz CT molecular complexity index is 836. The number of benzene rings is 2. The summed E-state index contributed by atoms with van der Waals surface area (Å²) >= 11 is 5.79. The summed E-state index contributed by atoms with van der Waals surface area (Å²) in [7, 11) is 0. The molecule has 2 aromatic carbocycles. The normalized spacial score (nSPS) is 10.8. The first-order chi connectivity index (χ1) is 11.0. The van der Waals surface area contributed by atoms with E-state index in [1.54, 1.807) is 24.3 Å². The largest absolute Gasteiger partial charge is 0.419 e. The lowest BCUT2D eigenvalue weighted by Crippen LogP contribution is -2.04. The van der Waals surface area contributed by atoms with Gasteiger partial charge in [-0.2, -0.15) is 0 Å². The first-order valence-corrected chi connectivity index (χ1v) is 6.88. The van der Waals surface area contributed by atoms with Crippen molar-refractivity contribution in [2.75, 3.05) is 5.32 Å². The molecule has 0 fully saturated rings. The van der Waals surface area contributed by atoms with Gasteiger partial charge in [-0.1, -0.05) is 11.6 Å². The second-order valence-corrected chi connectivity index (χ2v) is 5.02. The number of hydrogen-bond donors (Lipinski definition) is 1. The molecular formula is C15H9ClF3N3O. The third-order valence-corrected chi connectivity index (χ3v) is 3.28. The molecule has 23 heavy (non-hydrogen) atoms. The Labute approximate surface area is 133 Å². The quantitative estimate of drug-likeness (QED) is 0.715. The molecule has 0 bridgehead atoms. The Morgan fingerprint density at radius 3 is 2.43 bits per heavy atom. The molecule has 1 heterocycles. The number of nitrogens with one attached hydrogen (secondary N) is 1. The minimum Gasteiger partial charge on any atom is -0.419 e. The maximum absolute atomic E-state index is 13.5. The second kappa shape index (κ2) is 6.29. The second-order valence-electron chi connectivity index (χ2n) is 4.58. The van der Waals surface area contributed by atoms with Crippen molar-refractivity contribution >= 4 is 17.3 Å². The van der Waals surface area contributed by atoms with Crippen LogP contribution in [0.5, 0.6) is 0 Å². The third kappa shape index (κ3) is 3.29. The zero-order valence-corrected chi connectivity index (χ0v) is 12.2. The highest BCUT2D eigenvalue weighted by Crippen LogP contribution is 2.22. The number of anilines is 1. The minimum atomic E-state index is -1.54. The molecule has 0 saturated carbocycles. The molecule has 0 radical (unpaired) electrons. The molecule has 3 aromatic rings. The van der Waals surface area contributed by atoms with Crippen molar-refractivity contribution in [3.8, 4) is 11.5 Å². The average molecular weight is 340 g/mol. The molecule has 0 atom stereocenters. The number of nitrogens with zero attached hydrogens (tertiary/aromatic N) is 2. The fraction of sp³-hybridized carbons (Fsp3) is 0.0667. The predicted octanol–water partition coefficient (Wildman–Crippen LogP) is 4.42. The Balaban J connectivity index is 1.73. The van der Waals surface area contributed by atoms with Gasteiger partial charge in [-0.05, 0) is 36.4 Å². The summed E-state index contributed by atoms with van der Waals surface area (Å²) in [5.41, 5.74) is 0.474. The van der Waals surface area contributed by atoms with E-state index in [0.717, 1.165) is 12.1 Å². The van der Waals surface area contributed by atoms with E-state index in [1.807, 2.05) is 0 Å². The van der Waals surface area contributed by atoms with Crippen molar-refractivity contribution in [3.63, 3.8) is 0 Å². The third-order valence-electron chi connectivity index (χ3n) is 3.02. The van der Waals surface area contributed by atoms with Crippen LogP contribution in [0.4, 0.5) is 18.9 Å². The highest BCUT2D eigenvalue weighted by molar-refractivity contribution is 6.30. The van der Waals surface area contributed by atoms with Crippen molar-refractivity contribution < 1.29 is 17.6 Å². The highest BCUT2D eigenvalue weighted by atomic mass is 35.5. The maximum Gasteiger partial charge on any atom is 0.247 e. The monoisotopic (exact) mass is 339 g/mol. The summed E-state index contributed by atoms with van der Waals surface area (Å²) in [6, 6.07) is 8.69. The van der Waals surface area contributed by atoms with Gasteiger partial charge in [0.2, 0.25) is 11.8 Å². The number of aromatic nitrogens is 2. The summed E-state index contributed by atoms with van der Waals surface area (Å²) < 4.78 is 44.9. The van der Waals surface area contributed by atoms with Gasteiger partial charge < -0.3 is 9.73 Å². The fourth-order valence-corrected chi connectivity index (χ4v) is 1.99. The van der Waals surface area contributed by atoms with Crippen molar-refractivity contribution in [2.45, 2.75) is 6.54 Å². The molecule has 1 N–H and O–H groups in total. The van der Waals surface area contributed by atoms with Gasteiger partial charge in [-0.15, -0.1) is 10.2 Å². The van der Waals surface area contributed by atoms with Gasteiger partial charge >= 0.3 is 0 Å². The summed E-state index contributed by atoms with van der Waals surface area (Å²) in [5, 5.41) is 10.8. The van der Waals surface area contributed by atoms with E-state index < -0.39 is 17.5 Å². The zero-order valence-electron chi connectivity index (χ0n) is 11.5. The van der Waals surface area contributed by atoms with Crippen LogP contribution in [0.2, 0.25) is 5.02 Å². The van der Waals surface area contributed by atoms with Gasteiger partial charge in [-0.25, -0.2) is 13.2 Å². The summed E-state index contributed by atoms with van der Waals surface area (Å²) in [4.78, 5) is 0. The fourth-order valence-electron chi connectivity index (χ4n) is 1.87. The molecule has 4 nitrogen and oxygen atoms in total. The molecule has 0 aliphatic carbocycles. The summed E-state index contributed by atoms with van der Waals surface area (Å²) in [6.45, 7) is -0.0391. The number of hydrogen-bond acceptors (Lipinski definition) is 4. The van der Waals surface area contributed by atoms with Gasteiger partial charge in [0.1, 0.15) is 0 Å². The van der Waals surface area contributed by atoms with Gasteiger partial charge in [0.15, 0.2) is 17.5 Å². The predicted molar refractivity (Wildman–Crippen MR) is 78.4 cm³/mol. The molecule has 0 aliphatic heterocycles. The van der Waals surface area contributed by atoms with Crippen LogP contribution < -0.4 is 5.32 Å². The van der Waals surface area contributed by atoms with Crippen LogP contribution in [0.15, 0.2) is 40.8 Å². The Kier molecular flexibility index (Phi) is 4.20. The molecule has 118 valence electrons. The van der Waals surface area contributed by atoms with E-state index in [-0.39, 0.29) is 24.0 Å². The van der Waals surface area contributed by atoms with E-state index in [2.05, 4.69) is 15.5 Å². The van der Waals surface area contributed by atoms with Crippen LogP contribution >= 0.6 is 11.6 Å². The first kappa shape index (κ1) is 15.4. The first-order valence-electron chi connectivity index (χ1n) is 6.50. The minimum absolute atomic E-state index is 0.0391. The van der Waals surface area contributed by atoms with Crippen LogP contribution in [0, 0.1) is 17.5 Å². The zero-order chi connectivity index (χ0) is 16.4. The van der Waals surface area contributed by atoms with Crippen LogP contribution in [0.3, 0.4) is 0 Å². The summed E-state index contributed by atoms with van der Waals surface area (Å²) in [6.07, 6.45) is 0. The number of halogens is 4. The average Bonchev–Trinajstić information content (AvgIpc) is 3.02. The van der Waals surface area contributed by atoms with Crippen molar-refractivity contribution in [3.05, 3.63) is 64.8 Å². The SMILES string of the molecule is Fc1ccc(NCc2nnc(-c3ccc(Cl)cc3)o2)c(F)c1F. The lowest BCUT2D eigenvalue weighted by Gasteiger charge is -2.05. The van der Waals surface area contributed by atoms with Gasteiger partial charge in [-0.3, -0.25) is 0 Å². The van der Waals surface area contributed by atoms with Gasteiger partial charge in [0, 0.05) is 10.6 Å². The number of rotatable bonds is 4. The molecule has 1 aromatic heterocycles. The van der Waals surface area contributed by atoms with E-state index in [1.165, 1.54) is 0 Å². The van der Waals surface area contributed by atoms with Crippen LogP contribution in [-0.4, -0.2) is 10.2 Å². The summed E-state index contributed by atoms with van der Waals surface area (Å²) in [5.74, 6) is -3.66. The molecular weight excluding hydrogens is 331 g/mol. The van der Waals surface area contributed by atoms with Crippen LogP contribution in [0.1, 0.15) is 5.89 Å². The highest BCUT2D eigenvalue weighted by Gasteiger charge is 2.14. The van der Waals surface area contributed by atoms with E-state index in [4.69, 9.17) is 16.0 Å². The smallest absolute Gasteiger partial charge is 0.247 e. The van der Waals surface area contributed by atoms with Gasteiger partial charge in [0.25, 0.3) is 0 Å². The molecule has 0 aliphatic rings. The van der Waals surface area contributed by atoms with Crippen molar-refractivity contribution in [2.24, 2.45) is 0 Å². The molecule has 0 spiro atoms.